The van der Waals surface area contributed by atoms with Gasteiger partial charge in [-0.1, -0.05) is 42.5 Å². The zero-order chi connectivity index (χ0) is 20.7. The summed E-state index contributed by atoms with van der Waals surface area (Å²) in [7, 11) is -3.30. The quantitative estimate of drug-likeness (QED) is 0.725. The van der Waals surface area contributed by atoms with Gasteiger partial charge in [-0.25, -0.2) is 17.9 Å². The number of rotatable bonds is 7. The van der Waals surface area contributed by atoms with E-state index in [0.717, 1.165) is 25.5 Å². The largest absolute Gasteiger partial charge is 0.491 e. The third kappa shape index (κ3) is 6.76. The molecule has 2 aromatic rings. The van der Waals surface area contributed by atoms with Gasteiger partial charge in [0.15, 0.2) is 0 Å². The monoisotopic (exact) mass is 417 g/mol. The highest BCUT2D eigenvalue weighted by molar-refractivity contribution is 7.88. The first-order valence-corrected chi connectivity index (χ1v) is 11.6. The van der Waals surface area contributed by atoms with Crippen molar-refractivity contribution in [3.8, 4) is 5.75 Å². The van der Waals surface area contributed by atoms with Crippen LogP contribution in [-0.2, 0) is 16.4 Å². The molecule has 0 aliphatic carbocycles. The number of amides is 2. The van der Waals surface area contributed by atoms with Crippen molar-refractivity contribution in [3.63, 3.8) is 0 Å². The molecule has 1 heterocycles. The molecule has 1 fully saturated rings. The highest BCUT2D eigenvalue weighted by Gasteiger charge is 2.26. The fourth-order valence-electron chi connectivity index (χ4n) is 3.37. The van der Waals surface area contributed by atoms with E-state index in [1.807, 2.05) is 48.5 Å². The number of nitrogens with zero attached hydrogens (tertiary/aromatic N) is 1. The SMILES string of the molecule is CS(=O)(=O)N[C@@H]1CCCN(C(=O)Nc2ccccc2OCCc2ccccc2)C1. The fraction of sp³-hybridized carbons (Fsp3) is 0.381. The van der Waals surface area contributed by atoms with Crippen molar-refractivity contribution in [2.24, 2.45) is 0 Å². The molecule has 2 aromatic carbocycles. The summed E-state index contributed by atoms with van der Waals surface area (Å²) in [6.07, 6.45) is 3.37. The predicted octanol–water partition coefficient (Wildman–Crippen LogP) is 2.85. The number of hydrogen-bond acceptors (Lipinski definition) is 4. The van der Waals surface area contributed by atoms with E-state index >= 15 is 0 Å². The van der Waals surface area contributed by atoms with E-state index in [1.54, 1.807) is 11.0 Å². The Morgan fingerprint density at radius 3 is 2.62 bits per heavy atom. The van der Waals surface area contributed by atoms with E-state index in [-0.39, 0.29) is 12.1 Å². The lowest BCUT2D eigenvalue weighted by atomic mass is 10.1. The van der Waals surface area contributed by atoms with Gasteiger partial charge < -0.3 is 15.0 Å². The van der Waals surface area contributed by atoms with Crippen molar-refractivity contribution >= 4 is 21.7 Å². The Balaban J connectivity index is 1.57. The van der Waals surface area contributed by atoms with Crippen molar-refractivity contribution in [2.45, 2.75) is 25.3 Å². The van der Waals surface area contributed by atoms with Gasteiger partial charge in [0.2, 0.25) is 10.0 Å². The summed E-state index contributed by atoms with van der Waals surface area (Å²) >= 11 is 0. The molecule has 1 aliphatic heterocycles. The number of benzene rings is 2. The smallest absolute Gasteiger partial charge is 0.322 e. The van der Waals surface area contributed by atoms with Gasteiger partial charge in [0, 0.05) is 25.6 Å². The summed E-state index contributed by atoms with van der Waals surface area (Å²) < 4.78 is 31.4. The number of likely N-dealkylation sites (tertiary alicyclic amines) is 1. The molecule has 3 rings (SSSR count). The lowest BCUT2D eigenvalue weighted by Gasteiger charge is -2.32. The average Bonchev–Trinajstić information content (AvgIpc) is 2.69. The van der Waals surface area contributed by atoms with Gasteiger partial charge in [-0.3, -0.25) is 0 Å². The number of carbonyl (C=O) groups excluding carboxylic acids is 1. The summed E-state index contributed by atoms with van der Waals surface area (Å²) in [5, 5.41) is 2.90. The fourth-order valence-corrected chi connectivity index (χ4v) is 4.17. The summed E-state index contributed by atoms with van der Waals surface area (Å²) in [6.45, 7) is 1.43. The predicted molar refractivity (Wildman–Crippen MR) is 114 cm³/mol. The molecule has 2 N–H and O–H groups in total. The number of ether oxygens (including phenoxy) is 1. The van der Waals surface area contributed by atoms with Crippen LogP contribution in [0.2, 0.25) is 0 Å². The molecule has 0 bridgehead atoms. The summed E-state index contributed by atoms with van der Waals surface area (Å²) in [5.74, 6) is 0.611. The Bertz CT molecular complexity index is 919. The van der Waals surface area contributed by atoms with Gasteiger partial charge in [-0.2, -0.15) is 0 Å². The Hall–Kier alpha value is -2.58. The lowest BCUT2D eigenvalue weighted by Crippen LogP contribution is -2.50. The minimum absolute atomic E-state index is 0.260. The van der Waals surface area contributed by atoms with Crippen LogP contribution < -0.4 is 14.8 Å². The molecule has 1 aliphatic rings. The first kappa shape index (κ1) is 21.1. The lowest BCUT2D eigenvalue weighted by molar-refractivity contribution is 0.190. The minimum atomic E-state index is -3.30. The maximum Gasteiger partial charge on any atom is 0.322 e. The van der Waals surface area contributed by atoms with Crippen molar-refractivity contribution in [3.05, 3.63) is 60.2 Å². The third-order valence-electron chi connectivity index (χ3n) is 4.71. The number of anilines is 1. The van der Waals surface area contributed by atoms with Crippen LogP contribution in [0.3, 0.4) is 0 Å². The zero-order valence-electron chi connectivity index (χ0n) is 16.5. The number of urea groups is 1. The van der Waals surface area contributed by atoms with Gasteiger partial charge >= 0.3 is 6.03 Å². The van der Waals surface area contributed by atoms with E-state index in [1.165, 1.54) is 5.56 Å². The molecule has 7 nitrogen and oxygen atoms in total. The maximum absolute atomic E-state index is 12.7. The molecule has 156 valence electrons. The van der Waals surface area contributed by atoms with Crippen LogP contribution in [0, 0.1) is 0 Å². The first-order chi connectivity index (χ1) is 13.9. The molecule has 0 aromatic heterocycles. The number of nitrogens with one attached hydrogen (secondary N) is 2. The average molecular weight is 418 g/mol. The second kappa shape index (κ2) is 9.76. The van der Waals surface area contributed by atoms with Crippen molar-refractivity contribution in [1.29, 1.82) is 0 Å². The topological polar surface area (TPSA) is 87.7 Å². The van der Waals surface area contributed by atoms with Crippen LogP contribution in [0.25, 0.3) is 0 Å². The molecule has 2 amide bonds. The van der Waals surface area contributed by atoms with Crippen LogP contribution >= 0.6 is 0 Å². The van der Waals surface area contributed by atoms with Gasteiger partial charge in [0.25, 0.3) is 0 Å². The highest BCUT2D eigenvalue weighted by atomic mass is 32.2. The van der Waals surface area contributed by atoms with E-state index in [2.05, 4.69) is 10.0 Å². The summed E-state index contributed by atoms with van der Waals surface area (Å²) in [6, 6.07) is 16.9. The molecular weight excluding hydrogens is 390 g/mol. The molecule has 1 saturated heterocycles. The van der Waals surface area contributed by atoms with Gasteiger partial charge in [-0.05, 0) is 30.5 Å². The van der Waals surface area contributed by atoms with Crippen molar-refractivity contribution in [1.82, 2.24) is 9.62 Å². The van der Waals surface area contributed by atoms with Crippen LogP contribution in [0.1, 0.15) is 18.4 Å². The Kier molecular flexibility index (Phi) is 7.11. The van der Waals surface area contributed by atoms with Crippen molar-refractivity contribution < 1.29 is 17.9 Å². The van der Waals surface area contributed by atoms with Crippen LogP contribution in [0.4, 0.5) is 10.5 Å². The third-order valence-corrected chi connectivity index (χ3v) is 5.47. The van der Waals surface area contributed by atoms with E-state index < -0.39 is 10.0 Å². The molecular formula is C21H27N3O4S. The Morgan fingerprint density at radius 1 is 1.14 bits per heavy atom. The highest BCUT2D eigenvalue weighted by Crippen LogP contribution is 2.25. The van der Waals surface area contributed by atoms with Crippen LogP contribution in [0.15, 0.2) is 54.6 Å². The minimum Gasteiger partial charge on any atom is -0.491 e. The van der Waals surface area contributed by atoms with E-state index in [0.29, 0.717) is 31.1 Å². The molecule has 0 unspecified atom stereocenters. The van der Waals surface area contributed by atoms with Crippen LogP contribution in [-0.4, -0.2) is 51.3 Å². The Labute approximate surface area is 172 Å². The zero-order valence-corrected chi connectivity index (χ0v) is 17.3. The molecule has 8 heteroatoms. The van der Waals surface area contributed by atoms with E-state index in [9.17, 15) is 13.2 Å². The summed E-state index contributed by atoms with van der Waals surface area (Å²) in [4.78, 5) is 14.3. The molecule has 1 atom stereocenters. The number of sulfonamides is 1. The normalized spacial score (nSPS) is 17.0. The number of hydrogen-bond donors (Lipinski definition) is 2. The van der Waals surface area contributed by atoms with Gasteiger partial charge in [0.05, 0.1) is 18.6 Å². The summed E-state index contributed by atoms with van der Waals surface area (Å²) in [5.41, 5.74) is 1.79. The maximum atomic E-state index is 12.7. The first-order valence-electron chi connectivity index (χ1n) is 9.70. The second-order valence-corrected chi connectivity index (χ2v) is 8.97. The molecule has 0 spiro atoms. The van der Waals surface area contributed by atoms with Gasteiger partial charge in [-0.15, -0.1) is 0 Å². The van der Waals surface area contributed by atoms with Gasteiger partial charge in [0.1, 0.15) is 5.75 Å². The van der Waals surface area contributed by atoms with Crippen LogP contribution in [0.5, 0.6) is 5.75 Å². The number of piperidine rings is 1. The number of para-hydroxylation sites is 2. The molecule has 29 heavy (non-hydrogen) atoms. The second-order valence-electron chi connectivity index (χ2n) is 7.19. The van der Waals surface area contributed by atoms with Crippen molar-refractivity contribution in [2.75, 3.05) is 31.3 Å². The standard InChI is InChI=1S/C21H27N3O4S/c1-29(26,27)23-18-10-7-14-24(16-18)21(25)22-19-11-5-6-12-20(19)28-15-13-17-8-3-2-4-9-17/h2-6,8-9,11-12,18,23H,7,10,13-16H2,1H3,(H,22,25)/t18-/m1/s1. The Morgan fingerprint density at radius 2 is 1.86 bits per heavy atom. The molecule has 0 radical (unpaired) electrons. The molecule has 0 saturated carbocycles. The number of carbonyl (C=O) groups is 1. The van der Waals surface area contributed by atoms with E-state index in [4.69, 9.17) is 4.74 Å².